The molecule has 2 aliphatic rings. The Labute approximate surface area is 157 Å². The van der Waals surface area contributed by atoms with E-state index in [0.29, 0.717) is 17.3 Å². The molecular formula is C20H24N6O. The minimum absolute atomic E-state index is 0.0760. The largest absolute Gasteiger partial charge is 0.309 e. The van der Waals surface area contributed by atoms with Gasteiger partial charge < -0.3 is 4.98 Å². The van der Waals surface area contributed by atoms with Gasteiger partial charge in [-0.3, -0.25) is 14.7 Å². The molecule has 1 aliphatic heterocycles. The number of hydrogen-bond donors (Lipinski definition) is 1. The molecule has 0 spiro atoms. The van der Waals surface area contributed by atoms with Crippen molar-refractivity contribution in [1.82, 2.24) is 29.6 Å². The van der Waals surface area contributed by atoms with E-state index in [2.05, 4.69) is 39.0 Å². The highest BCUT2D eigenvalue weighted by Crippen LogP contribution is 2.34. The average molecular weight is 364 g/mol. The number of aromatic amines is 1. The van der Waals surface area contributed by atoms with Crippen LogP contribution in [0.2, 0.25) is 0 Å². The van der Waals surface area contributed by atoms with Crippen LogP contribution >= 0.6 is 0 Å². The fraction of sp³-hybridized carbons (Fsp3) is 0.500. The molecule has 7 nitrogen and oxygen atoms in total. The second-order valence-electron chi connectivity index (χ2n) is 7.82. The lowest BCUT2D eigenvalue weighted by atomic mass is 9.91. The SMILES string of the molecule is C[C@H](c1nc2c(cnn2C2CCCC2)c(=O)[nH]1)N1CC(c2ccncc2)C1. The molecule has 140 valence electrons. The topological polar surface area (TPSA) is 79.7 Å². The van der Waals surface area contributed by atoms with Crippen molar-refractivity contribution in [1.29, 1.82) is 0 Å². The minimum Gasteiger partial charge on any atom is -0.309 e. The Kier molecular flexibility index (Phi) is 4.04. The molecule has 27 heavy (non-hydrogen) atoms. The van der Waals surface area contributed by atoms with Gasteiger partial charge in [0.15, 0.2) is 5.65 Å². The van der Waals surface area contributed by atoms with Gasteiger partial charge in [0, 0.05) is 31.4 Å². The maximum Gasteiger partial charge on any atom is 0.262 e. The van der Waals surface area contributed by atoms with Gasteiger partial charge in [0.25, 0.3) is 5.56 Å². The molecule has 5 rings (SSSR count). The van der Waals surface area contributed by atoms with Crippen LogP contribution in [0.15, 0.2) is 35.5 Å². The third-order valence-corrected chi connectivity index (χ3v) is 6.18. The first-order chi connectivity index (χ1) is 13.2. The van der Waals surface area contributed by atoms with E-state index in [4.69, 9.17) is 4.98 Å². The summed E-state index contributed by atoms with van der Waals surface area (Å²) in [6.45, 7) is 4.05. The molecule has 1 N–H and O–H groups in total. The van der Waals surface area contributed by atoms with Crippen LogP contribution in [0.1, 0.15) is 62.0 Å². The highest BCUT2D eigenvalue weighted by Gasteiger charge is 2.33. The lowest BCUT2D eigenvalue weighted by Gasteiger charge is -2.42. The zero-order valence-corrected chi connectivity index (χ0v) is 15.5. The summed E-state index contributed by atoms with van der Waals surface area (Å²) in [5, 5.41) is 5.08. The molecular weight excluding hydrogens is 340 g/mol. The zero-order valence-electron chi connectivity index (χ0n) is 15.5. The van der Waals surface area contributed by atoms with Crippen LogP contribution < -0.4 is 5.56 Å². The van der Waals surface area contributed by atoms with Gasteiger partial charge in [0.1, 0.15) is 11.2 Å². The molecule has 1 aliphatic carbocycles. The lowest BCUT2D eigenvalue weighted by Crippen LogP contribution is -2.46. The highest BCUT2D eigenvalue weighted by molar-refractivity contribution is 5.73. The van der Waals surface area contributed by atoms with E-state index < -0.39 is 0 Å². The number of nitrogens with zero attached hydrogens (tertiary/aromatic N) is 5. The zero-order chi connectivity index (χ0) is 18.4. The average Bonchev–Trinajstić information content (AvgIpc) is 3.30. The Morgan fingerprint density at radius 1 is 1.19 bits per heavy atom. The maximum atomic E-state index is 12.6. The molecule has 2 fully saturated rings. The third-order valence-electron chi connectivity index (χ3n) is 6.18. The summed E-state index contributed by atoms with van der Waals surface area (Å²) in [6.07, 6.45) is 10.0. The number of likely N-dealkylation sites (tertiary alicyclic amines) is 1. The lowest BCUT2D eigenvalue weighted by molar-refractivity contribution is 0.0958. The Hall–Kier alpha value is -2.54. The molecule has 3 aromatic rings. The van der Waals surface area contributed by atoms with Crippen molar-refractivity contribution in [3.63, 3.8) is 0 Å². The van der Waals surface area contributed by atoms with E-state index in [1.165, 1.54) is 18.4 Å². The predicted octanol–water partition coefficient (Wildman–Crippen LogP) is 2.79. The van der Waals surface area contributed by atoms with Crippen LogP contribution in [0.5, 0.6) is 0 Å². The molecule has 7 heteroatoms. The molecule has 0 aromatic carbocycles. The van der Waals surface area contributed by atoms with E-state index in [-0.39, 0.29) is 11.6 Å². The Bertz CT molecular complexity index is 998. The second kappa shape index (κ2) is 6.56. The van der Waals surface area contributed by atoms with Crippen molar-refractivity contribution in [3.8, 4) is 0 Å². The summed E-state index contributed by atoms with van der Waals surface area (Å²) in [6, 6.07) is 4.62. The maximum absolute atomic E-state index is 12.6. The smallest absolute Gasteiger partial charge is 0.262 e. The number of pyridine rings is 1. The molecule has 0 bridgehead atoms. The van der Waals surface area contributed by atoms with Crippen molar-refractivity contribution >= 4 is 11.0 Å². The van der Waals surface area contributed by atoms with Crippen molar-refractivity contribution in [2.45, 2.75) is 50.6 Å². The van der Waals surface area contributed by atoms with E-state index >= 15 is 0 Å². The van der Waals surface area contributed by atoms with Crippen LogP contribution in [0, 0.1) is 0 Å². The standard InChI is InChI=1S/C20H24N6O/c1-13(25-11-15(12-25)14-6-8-21-9-7-14)18-23-19-17(20(27)24-18)10-22-26(19)16-4-2-3-5-16/h6-10,13,15-16H,2-5,11-12H2,1H3,(H,23,24,27)/t13-/m1/s1. The van der Waals surface area contributed by atoms with Gasteiger partial charge in [-0.25, -0.2) is 9.67 Å². The summed E-state index contributed by atoms with van der Waals surface area (Å²) in [7, 11) is 0. The highest BCUT2D eigenvalue weighted by atomic mass is 16.1. The van der Waals surface area contributed by atoms with Crippen molar-refractivity contribution in [2.75, 3.05) is 13.1 Å². The summed E-state index contributed by atoms with van der Waals surface area (Å²) in [4.78, 5) is 26.8. The van der Waals surface area contributed by atoms with E-state index in [1.807, 2.05) is 17.1 Å². The summed E-state index contributed by atoms with van der Waals surface area (Å²) in [5.41, 5.74) is 1.97. The number of nitrogens with one attached hydrogen (secondary N) is 1. The van der Waals surface area contributed by atoms with Gasteiger partial charge >= 0.3 is 0 Å². The van der Waals surface area contributed by atoms with Crippen LogP contribution in [-0.2, 0) is 0 Å². The number of rotatable bonds is 4. The van der Waals surface area contributed by atoms with Crippen LogP contribution in [-0.4, -0.2) is 42.7 Å². The van der Waals surface area contributed by atoms with Gasteiger partial charge in [0.05, 0.1) is 18.3 Å². The molecule has 1 saturated carbocycles. The Morgan fingerprint density at radius 3 is 2.67 bits per heavy atom. The second-order valence-corrected chi connectivity index (χ2v) is 7.82. The van der Waals surface area contributed by atoms with Gasteiger partial charge in [-0.15, -0.1) is 0 Å². The fourth-order valence-electron chi connectivity index (χ4n) is 4.42. The quantitative estimate of drug-likeness (QED) is 0.770. The first-order valence-corrected chi connectivity index (χ1v) is 9.82. The van der Waals surface area contributed by atoms with Crippen LogP contribution in [0.3, 0.4) is 0 Å². The predicted molar refractivity (Wildman–Crippen MR) is 103 cm³/mol. The van der Waals surface area contributed by atoms with Gasteiger partial charge in [-0.05, 0) is 37.5 Å². The first-order valence-electron chi connectivity index (χ1n) is 9.82. The van der Waals surface area contributed by atoms with Crippen molar-refractivity contribution in [2.24, 2.45) is 0 Å². The number of fused-ring (bicyclic) bond motifs is 1. The monoisotopic (exact) mass is 364 g/mol. The summed E-state index contributed by atoms with van der Waals surface area (Å²) >= 11 is 0. The minimum atomic E-state index is -0.0858. The number of H-pyrrole nitrogens is 1. The van der Waals surface area contributed by atoms with Gasteiger partial charge in [0.2, 0.25) is 0 Å². The first kappa shape index (κ1) is 16.6. The Balaban J connectivity index is 1.40. The van der Waals surface area contributed by atoms with Crippen molar-refractivity contribution < 1.29 is 0 Å². The molecule has 0 amide bonds. The summed E-state index contributed by atoms with van der Waals surface area (Å²) < 4.78 is 1.98. The normalized spacial score (nSPS) is 20.2. The van der Waals surface area contributed by atoms with E-state index in [9.17, 15) is 4.79 Å². The summed E-state index contributed by atoms with van der Waals surface area (Å²) in [5.74, 6) is 1.26. The molecule has 4 heterocycles. The van der Waals surface area contributed by atoms with Gasteiger partial charge in [-0.1, -0.05) is 12.8 Å². The molecule has 0 unspecified atom stereocenters. The number of aromatic nitrogens is 5. The molecule has 1 atom stereocenters. The molecule has 1 saturated heterocycles. The van der Waals surface area contributed by atoms with Gasteiger partial charge in [-0.2, -0.15) is 5.10 Å². The van der Waals surface area contributed by atoms with E-state index in [0.717, 1.165) is 37.4 Å². The van der Waals surface area contributed by atoms with E-state index in [1.54, 1.807) is 6.20 Å². The fourth-order valence-corrected chi connectivity index (χ4v) is 4.42. The number of hydrogen-bond acceptors (Lipinski definition) is 5. The third kappa shape index (κ3) is 2.86. The van der Waals surface area contributed by atoms with Crippen molar-refractivity contribution in [3.05, 3.63) is 52.5 Å². The molecule has 0 radical (unpaired) electrons. The molecule has 3 aromatic heterocycles. The Morgan fingerprint density at radius 2 is 1.93 bits per heavy atom. The van der Waals surface area contributed by atoms with Crippen LogP contribution in [0.25, 0.3) is 11.0 Å². The van der Waals surface area contributed by atoms with Crippen LogP contribution in [0.4, 0.5) is 0 Å².